The van der Waals surface area contributed by atoms with Crippen LogP contribution >= 0.6 is 0 Å². The SMILES string of the molecule is Cc1ccc(-c2cc3c(=O)n(C)ccn3n2)cc1. The van der Waals surface area contributed by atoms with Crippen LogP contribution in [0.3, 0.4) is 0 Å². The van der Waals surface area contributed by atoms with E-state index in [-0.39, 0.29) is 5.56 Å². The fraction of sp³-hybridized carbons (Fsp3) is 0.143. The van der Waals surface area contributed by atoms with Crippen molar-refractivity contribution in [1.82, 2.24) is 14.2 Å². The summed E-state index contributed by atoms with van der Waals surface area (Å²) in [7, 11) is 1.74. The van der Waals surface area contributed by atoms with Crippen LogP contribution in [0, 0.1) is 6.92 Å². The highest BCUT2D eigenvalue weighted by molar-refractivity contribution is 5.65. The van der Waals surface area contributed by atoms with Crippen LogP contribution in [0.2, 0.25) is 0 Å². The summed E-state index contributed by atoms with van der Waals surface area (Å²) < 4.78 is 3.17. The van der Waals surface area contributed by atoms with Gasteiger partial charge in [0.05, 0.1) is 5.69 Å². The predicted octanol–water partition coefficient (Wildman–Crippen LogP) is 2.01. The molecule has 0 aliphatic rings. The molecule has 0 fully saturated rings. The molecule has 0 atom stereocenters. The van der Waals surface area contributed by atoms with E-state index in [0.717, 1.165) is 11.3 Å². The van der Waals surface area contributed by atoms with E-state index in [4.69, 9.17) is 0 Å². The Morgan fingerprint density at radius 3 is 2.56 bits per heavy atom. The van der Waals surface area contributed by atoms with Gasteiger partial charge in [-0.2, -0.15) is 5.10 Å². The Morgan fingerprint density at radius 2 is 1.83 bits per heavy atom. The molecule has 0 aliphatic carbocycles. The molecule has 0 spiro atoms. The normalized spacial score (nSPS) is 11.0. The molecule has 18 heavy (non-hydrogen) atoms. The molecule has 2 heterocycles. The number of benzene rings is 1. The van der Waals surface area contributed by atoms with Gasteiger partial charge in [-0.05, 0) is 13.0 Å². The molecule has 0 radical (unpaired) electrons. The van der Waals surface area contributed by atoms with Crippen molar-refractivity contribution in [2.45, 2.75) is 6.92 Å². The third kappa shape index (κ3) is 1.62. The van der Waals surface area contributed by atoms with Gasteiger partial charge in [0.25, 0.3) is 5.56 Å². The Balaban J connectivity index is 2.22. The zero-order valence-electron chi connectivity index (χ0n) is 10.3. The highest BCUT2D eigenvalue weighted by Crippen LogP contribution is 2.18. The maximum atomic E-state index is 11.9. The third-order valence-corrected chi connectivity index (χ3v) is 3.05. The number of hydrogen-bond donors (Lipinski definition) is 0. The van der Waals surface area contributed by atoms with Crippen LogP contribution < -0.4 is 5.56 Å². The lowest BCUT2D eigenvalue weighted by Gasteiger charge is -1.96. The maximum Gasteiger partial charge on any atom is 0.276 e. The molecule has 0 N–H and O–H groups in total. The molecular weight excluding hydrogens is 226 g/mol. The molecule has 0 saturated heterocycles. The number of rotatable bonds is 1. The first-order chi connectivity index (χ1) is 8.65. The average molecular weight is 239 g/mol. The molecule has 2 aromatic heterocycles. The van der Waals surface area contributed by atoms with Crippen molar-refractivity contribution in [3.05, 3.63) is 58.6 Å². The van der Waals surface area contributed by atoms with Gasteiger partial charge in [-0.3, -0.25) is 4.79 Å². The van der Waals surface area contributed by atoms with Gasteiger partial charge in [-0.15, -0.1) is 0 Å². The summed E-state index contributed by atoms with van der Waals surface area (Å²) in [6, 6.07) is 9.94. The molecule has 0 amide bonds. The summed E-state index contributed by atoms with van der Waals surface area (Å²) >= 11 is 0. The first-order valence-electron chi connectivity index (χ1n) is 5.77. The number of nitrogens with zero attached hydrogens (tertiary/aromatic N) is 3. The Kier molecular flexibility index (Phi) is 2.30. The lowest BCUT2D eigenvalue weighted by Crippen LogP contribution is -2.17. The van der Waals surface area contributed by atoms with Gasteiger partial charge in [0.1, 0.15) is 5.52 Å². The quantitative estimate of drug-likeness (QED) is 0.651. The van der Waals surface area contributed by atoms with Crippen molar-refractivity contribution in [2.75, 3.05) is 0 Å². The molecule has 0 bridgehead atoms. The number of hydrogen-bond acceptors (Lipinski definition) is 2. The van der Waals surface area contributed by atoms with E-state index in [1.807, 2.05) is 37.3 Å². The van der Waals surface area contributed by atoms with Crippen molar-refractivity contribution < 1.29 is 0 Å². The summed E-state index contributed by atoms with van der Waals surface area (Å²) in [5.74, 6) is 0. The first kappa shape index (κ1) is 10.8. The topological polar surface area (TPSA) is 39.3 Å². The Hall–Kier alpha value is -2.36. The lowest BCUT2D eigenvalue weighted by atomic mass is 10.1. The van der Waals surface area contributed by atoms with Gasteiger partial charge in [0.15, 0.2) is 0 Å². The molecule has 1 aromatic carbocycles. The monoisotopic (exact) mass is 239 g/mol. The maximum absolute atomic E-state index is 11.9. The molecule has 0 saturated carbocycles. The van der Waals surface area contributed by atoms with Crippen LogP contribution in [-0.2, 0) is 7.05 Å². The van der Waals surface area contributed by atoms with Gasteiger partial charge in [0.2, 0.25) is 0 Å². The smallest absolute Gasteiger partial charge is 0.276 e. The zero-order chi connectivity index (χ0) is 12.7. The fourth-order valence-electron chi connectivity index (χ4n) is 1.94. The average Bonchev–Trinajstić information content (AvgIpc) is 2.80. The number of fused-ring (bicyclic) bond motifs is 1. The summed E-state index contributed by atoms with van der Waals surface area (Å²) in [4.78, 5) is 11.9. The molecule has 90 valence electrons. The van der Waals surface area contributed by atoms with E-state index in [9.17, 15) is 4.79 Å². The van der Waals surface area contributed by atoms with E-state index < -0.39 is 0 Å². The van der Waals surface area contributed by atoms with Crippen molar-refractivity contribution in [1.29, 1.82) is 0 Å². The van der Waals surface area contributed by atoms with E-state index in [1.165, 1.54) is 5.56 Å². The largest absolute Gasteiger partial charge is 0.315 e. The fourth-order valence-corrected chi connectivity index (χ4v) is 1.94. The second kappa shape index (κ2) is 3.84. The number of aryl methyl sites for hydroxylation is 2. The molecular formula is C14H13N3O. The van der Waals surface area contributed by atoms with Gasteiger partial charge in [-0.1, -0.05) is 29.8 Å². The standard InChI is InChI=1S/C14H13N3O/c1-10-3-5-11(6-4-10)12-9-13-14(18)16(2)7-8-17(13)15-12/h3-9H,1-2H3. The van der Waals surface area contributed by atoms with Crippen LogP contribution in [0.25, 0.3) is 16.8 Å². The third-order valence-electron chi connectivity index (χ3n) is 3.05. The minimum absolute atomic E-state index is 0.0386. The molecule has 3 rings (SSSR count). The van der Waals surface area contributed by atoms with Gasteiger partial charge in [-0.25, -0.2) is 4.52 Å². The summed E-state index contributed by atoms with van der Waals surface area (Å²) in [6.07, 6.45) is 3.50. The van der Waals surface area contributed by atoms with Crippen molar-refractivity contribution in [3.8, 4) is 11.3 Å². The van der Waals surface area contributed by atoms with Crippen LogP contribution in [-0.4, -0.2) is 14.2 Å². The van der Waals surface area contributed by atoms with Gasteiger partial charge < -0.3 is 4.57 Å². The van der Waals surface area contributed by atoms with Crippen molar-refractivity contribution in [3.63, 3.8) is 0 Å². The Bertz CT molecular complexity index is 766. The minimum atomic E-state index is -0.0386. The predicted molar refractivity (Wildman–Crippen MR) is 70.6 cm³/mol. The molecule has 3 aromatic rings. The Morgan fingerprint density at radius 1 is 1.11 bits per heavy atom. The van der Waals surface area contributed by atoms with Crippen LogP contribution in [0.5, 0.6) is 0 Å². The molecule has 4 nitrogen and oxygen atoms in total. The summed E-state index contributed by atoms with van der Waals surface area (Å²) in [5.41, 5.74) is 3.60. The summed E-state index contributed by atoms with van der Waals surface area (Å²) in [5, 5.41) is 4.42. The summed E-state index contributed by atoms with van der Waals surface area (Å²) in [6.45, 7) is 2.04. The zero-order valence-corrected chi connectivity index (χ0v) is 10.3. The van der Waals surface area contributed by atoms with Gasteiger partial charge in [0, 0.05) is 25.0 Å². The van der Waals surface area contributed by atoms with Gasteiger partial charge >= 0.3 is 0 Å². The molecule has 0 unspecified atom stereocenters. The van der Waals surface area contributed by atoms with E-state index >= 15 is 0 Å². The lowest BCUT2D eigenvalue weighted by molar-refractivity contribution is 0.821. The van der Waals surface area contributed by atoms with Crippen molar-refractivity contribution in [2.24, 2.45) is 7.05 Å². The highest BCUT2D eigenvalue weighted by Gasteiger charge is 2.07. The van der Waals surface area contributed by atoms with E-state index in [0.29, 0.717) is 5.52 Å². The minimum Gasteiger partial charge on any atom is -0.315 e. The second-order valence-electron chi connectivity index (χ2n) is 4.44. The highest BCUT2D eigenvalue weighted by atomic mass is 16.1. The first-order valence-corrected chi connectivity index (χ1v) is 5.77. The second-order valence-corrected chi connectivity index (χ2v) is 4.44. The Labute approximate surface area is 104 Å². The number of aromatic nitrogens is 3. The van der Waals surface area contributed by atoms with Crippen LogP contribution in [0.4, 0.5) is 0 Å². The van der Waals surface area contributed by atoms with E-state index in [2.05, 4.69) is 5.10 Å². The molecule has 4 heteroatoms. The molecule has 0 aliphatic heterocycles. The van der Waals surface area contributed by atoms with Crippen LogP contribution in [0.1, 0.15) is 5.56 Å². The van der Waals surface area contributed by atoms with E-state index in [1.54, 1.807) is 28.5 Å². The van der Waals surface area contributed by atoms with Crippen LogP contribution in [0.15, 0.2) is 47.5 Å². The van der Waals surface area contributed by atoms with Crippen molar-refractivity contribution >= 4 is 5.52 Å².